The quantitative estimate of drug-likeness (QED) is 0.803. The molecule has 6 heteroatoms. The molecule has 150 valence electrons. The summed E-state index contributed by atoms with van der Waals surface area (Å²) in [6.07, 6.45) is 0. The third-order valence-corrected chi connectivity index (χ3v) is 5.22. The minimum absolute atomic E-state index is 0.179. The Morgan fingerprint density at radius 1 is 1.18 bits per heavy atom. The van der Waals surface area contributed by atoms with Crippen molar-refractivity contribution in [1.82, 2.24) is 5.32 Å². The first-order valence-electron chi connectivity index (χ1n) is 9.80. The lowest BCUT2D eigenvalue weighted by atomic mass is 10.1. The second kappa shape index (κ2) is 9.46. The van der Waals surface area contributed by atoms with Crippen LogP contribution in [0.4, 0.5) is 21.9 Å². The molecule has 1 saturated heterocycles. The zero-order valence-electron chi connectivity index (χ0n) is 16.9. The Morgan fingerprint density at radius 3 is 2.57 bits per heavy atom. The Hall–Kier alpha value is -2.73. The van der Waals surface area contributed by atoms with E-state index in [1.54, 1.807) is 0 Å². The molecular formula is C22H30N4O2. The lowest BCUT2D eigenvalue weighted by molar-refractivity contribution is 0.122. The van der Waals surface area contributed by atoms with Crippen molar-refractivity contribution in [3.05, 3.63) is 54.1 Å². The largest absolute Gasteiger partial charge is 0.378 e. The van der Waals surface area contributed by atoms with Crippen LogP contribution in [0.5, 0.6) is 0 Å². The summed E-state index contributed by atoms with van der Waals surface area (Å²) in [6, 6.07) is 16.3. The number of morpholine rings is 1. The van der Waals surface area contributed by atoms with Gasteiger partial charge in [0.25, 0.3) is 0 Å². The van der Waals surface area contributed by atoms with Gasteiger partial charge >= 0.3 is 6.03 Å². The summed E-state index contributed by atoms with van der Waals surface area (Å²) in [4.78, 5) is 16.8. The summed E-state index contributed by atoms with van der Waals surface area (Å²) in [6.45, 7) is 8.00. The molecule has 0 radical (unpaired) electrons. The predicted octanol–water partition coefficient (Wildman–Crippen LogP) is 3.48. The van der Waals surface area contributed by atoms with Crippen molar-refractivity contribution in [2.75, 3.05) is 55.0 Å². The molecule has 6 nitrogen and oxygen atoms in total. The van der Waals surface area contributed by atoms with Crippen LogP contribution in [0.3, 0.4) is 0 Å². The van der Waals surface area contributed by atoms with Crippen LogP contribution in [0.15, 0.2) is 48.5 Å². The summed E-state index contributed by atoms with van der Waals surface area (Å²) in [5, 5.41) is 5.93. The fourth-order valence-corrected chi connectivity index (χ4v) is 3.27. The number of benzene rings is 2. The van der Waals surface area contributed by atoms with Crippen LogP contribution in [0, 0.1) is 6.92 Å². The molecule has 0 bridgehead atoms. The molecule has 2 N–H and O–H groups in total. The van der Waals surface area contributed by atoms with Crippen molar-refractivity contribution in [1.29, 1.82) is 0 Å². The molecule has 1 atom stereocenters. The lowest BCUT2D eigenvalue weighted by Gasteiger charge is -2.29. The van der Waals surface area contributed by atoms with Crippen LogP contribution in [0.2, 0.25) is 0 Å². The van der Waals surface area contributed by atoms with Crippen LogP contribution in [0.25, 0.3) is 0 Å². The number of rotatable bonds is 6. The number of anilines is 3. The highest BCUT2D eigenvalue weighted by Crippen LogP contribution is 2.23. The number of likely N-dealkylation sites (N-methyl/N-ethyl adjacent to an activating group) is 1. The second-order valence-electron chi connectivity index (χ2n) is 7.23. The number of aryl methyl sites for hydroxylation is 1. The van der Waals surface area contributed by atoms with E-state index in [1.165, 1.54) is 5.69 Å². The number of nitrogens with one attached hydrogen (secondary N) is 2. The van der Waals surface area contributed by atoms with E-state index in [0.717, 1.165) is 43.2 Å². The highest BCUT2D eigenvalue weighted by Gasteiger charge is 2.14. The van der Waals surface area contributed by atoms with Gasteiger partial charge in [-0.1, -0.05) is 18.2 Å². The molecule has 1 heterocycles. The maximum Gasteiger partial charge on any atom is 0.319 e. The Bertz CT molecular complexity index is 775. The minimum Gasteiger partial charge on any atom is -0.378 e. The molecule has 0 saturated carbocycles. The van der Waals surface area contributed by atoms with Crippen molar-refractivity contribution in [3.63, 3.8) is 0 Å². The molecule has 0 aromatic heterocycles. The summed E-state index contributed by atoms with van der Waals surface area (Å²) < 4.78 is 5.41. The molecule has 0 aliphatic carbocycles. The van der Waals surface area contributed by atoms with Gasteiger partial charge in [0.05, 0.1) is 13.2 Å². The minimum atomic E-state index is -0.185. The van der Waals surface area contributed by atoms with Crippen LogP contribution < -0.4 is 20.4 Å². The first-order valence-corrected chi connectivity index (χ1v) is 9.80. The average Bonchev–Trinajstić information content (AvgIpc) is 2.74. The first kappa shape index (κ1) is 20.0. The van der Waals surface area contributed by atoms with Crippen molar-refractivity contribution < 1.29 is 9.53 Å². The maximum absolute atomic E-state index is 12.3. The maximum atomic E-state index is 12.3. The molecule has 3 rings (SSSR count). The molecule has 2 aromatic rings. The van der Waals surface area contributed by atoms with E-state index in [-0.39, 0.29) is 12.1 Å². The predicted molar refractivity (Wildman–Crippen MR) is 116 cm³/mol. The zero-order chi connectivity index (χ0) is 19.9. The van der Waals surface area contributed by atoms with E-state index in [0.29, 0.717) is 6.54 Å². The van der Waals surface area contributed by atoms with Gasteiger partial charge in [-0.15, -0.1) is 0 Å². The van der Waals surface area contributed by atoms with Crippen LogP contribution in [-0.4, -0.2) is 52.0 Å². The molecule has 1 unspecified atom stereocenters. The Labute approximate surface area is 167 Å². The van der Waals surface area contributed by atoms with E-state index >= 15 is 0 Å². The van der Waals surface area contributed by atoms with Gasteiger partial charge in [-0.3, -0.25) is 0 Å². The van der Waals surface area contributed by atoms with Crippen LogP contribution in [0.1, 0.15) is 12.5 Å². The fraction of sp³-hybridized carbons (Fsp3) is 0.409. The highest BCUT2D eigenvalue weighted by molar-refractivity contribution is 5.90. The monoisotopic (exact) mass is 382 g/mol. The van der Waals surface area contributed by atoms with Gasteiger partial charge in [0.2, 0.25) is 0 Å². The van der Waals surface area contributed by atoms with Gasteiger partial charge in [0, 0.05) is 49.8 Å². The third-order valence-electron chi connectivity index (χ3n) is 5.22. The third kappa shape index (κ3) is 5.16. The number of urea groups is 1. The van der Waals surface area contributed by atoms with Crippen LogP contribution >= 0.6 is 0 Å². The number of carbonyl (C=O) groups excluding carboxylic acids is 1. The van der Waals surface area contributed by atoms with Gasteiger partial charge in [0.15, 0.2) is 0 Å². The first-order chi connectivity index (χ1) is 13.5. The summed E-state index contributed by atoms with van der Waals surface area (Å²) in [5.74, 6) is 0. The van der Waals surface area contributed by atoms with Crippen molar-refractivity contribution >= 4 is 23.1 Å². The summed E-state index contributed by atoms with van der Waals surface area (Å²) in [7, 11) is 2.04. The van der Waals surface area contributed by atoms with Crippen LogP contribution in [-0.2, 0) is 4.74 Å². The molecule has 1 aliphatic rings. The smallest absolute Gasteiger partial charge is 0.319 e. The number of nitrogens with zero attached hydrogens (tertiary/aromatic N) is 2. The average molecular weight is 383 g/mol. The van der Waals surface area contributed by atoms with Crippen molar-refractivity contribution in [2.45, 2.75) is 19.9 Å². The Balaban J connectivity index is 1.51. The summed E-state index contributed by atoms with van der Waals surface area (Å²) >= 11 is 0. The number of hydrogen-bond donors (Lipinski definition) is 2. The molecular weight excluding hydrogens is 352 g/mol. The van der Waals surface area contributed by atoms with Gasteiger partial charge in [-0.05, 0) is 49.7 Å². The molecule has 1 fully saturated rings. The van der Waals surface area contributed by atoms with E-state index in [1.807, 2.05) is 38.2 Å². The summed E-state index contributed by atoms with van der Waals surface area (Å²) in [5.41, 5.74) is 4.18. The van der Waals surface area contributed by atoms with Gasteiger partial charge in [-0.2, -0.15) is 0 Å². The molecule has 28 heavy (non-hydrogen) atoms. The zero-order valence-corrected chi connectivity index (χ0v) is 16.9. The van der Waals surface area contributed by atoms with Crippen molar-refractivity contribution in [3.8, 4) is 0 Å². The van der Waals surface area contributed by atoms with E-state index < -0.39 is 0 Å². The van der Waals surface area contributed by atoms with E-state index in [9.17, 15) is 4.79 Å². The Kier molecular flexibility index (Phi) is 6.76. The number of para-hydroxylation sites is 1. The number of amides is 2. The molecule has 1 aliphatic heterocycles. The second-order valence-corrected chi connectivity index (χ2v) is 7.23. The molecule has 2 amide bonds. The lowest BCUT2D eigenvalue weighted by Crippen LogP contribution is -2.41. The van der Waals surface area contributed by atoms with Gasteiger partial charge in [0.1, 0.15) is 0 Å². The van der Waals surface area contributed by atoms with E-state index in [2.05, 4.69) is 51.6 Å². The number of carbonyl (C=O) groups is 1. The van der Waals surface area contributed by atoms with Crippen molar-refractivity contribution in [2.24, 2.45) is 0 Å². The number of hydrogen-bond acceptors (Lipinski definition) is 4. The SMILES string of the molecule is Cc1cc(N2CCOCC2)ccc1NC(=O)NCC(C)N(C)c1ccccc1. The van der Waals surface area contributed by atoms with Gasteiger partial charge in [-0.25, -0.2) is 4.79 Å². The van der Waals surface area contributed by atoms with E-state index in [4.69, 9.17) is 4.74 Å². The van der Waals surface area contributed by atoms with Gasteiger partial charge < -0.3 is 25.2 Å². The standard InChI is InChI=1S/C22H30N4O2/c1-17-15-20(26-11-13-28-14-12-26)9-10-21(17)24-22(27)23-16-18(2)25(3)19-7-5-4-6-8-19/h4-10,15,18H,11-14,16H2,1-3H3,(H2,23,24,27). The Morgan fingerprint density at radius 2 is 1.89 bits per heavy atom. The highest BCUT2D eigenvalue weighted by atomic mass is 16.5. The molecule has 2 aromatic carbocycles. The fourth-order valence-electron chi connectivity index (χ4n) is 3.27. The topological polar surface area (TPSA) is 56.8 Å². The normalized spacial score (nSPS) is 15.0. The number of ether oxygens (including phenoxy) is 1. The molecule has 0 spiro atoms.